The number of carboxylic acids is 1. The highest BCUT2D eigenvalue weighted by atomic mass is 16.4. The van der Waals surface area contributed by atoms with Crippen LogP contribution in [0.1, 0.15) is 104 Å². The van der Waals surface area contributed by atoms with Crippen LogP contribution in [-0.4, -0.2) is 17.0 Å². The highest BCUT2D eigenvalue weighted by Crippen LogP contribution is 2.20. The van der Waals surface area contributed by atoms with Gasteiger partial charge < -0.3 is 10.8 Å². The largest absolute Gasteiger partial charge is 0.478 e. The van der Waals surface area contributed by atoms with Crippen LogP contribution in [0.4, 0.5) is 0 Å². The number of carbonyl (C=O) groups excluding carboxylic acids is 1. The molecule has 0 aliphatic carbocycles. The molecule has 0 aliphatic heterocycles. The molecule has 0 rings (SSSR count). The minimum Gasteiger partial charge on any atom is -0.478 e. The number of rotatable bonds is 16. The molecule has 140 valence electrons. The lowest BCUT2D eigenvalue weighted by atomic mass is 9.96. The summed E-state index contributed by atoms with van der Waals surface area (Å²) < 4.78 is 0. The SMILES string of the molecule is CCCCCCCC/C(C(N)=O)=C(\CCCCCCCC)C(=O)O. The molecule has 0 aromatic carbocycles. The molecule has 0 aliphatic rings. The molecule has 0 spiro atoms. The third-order valence-corrected chi connectivity index (χ3v) is 4.48. The summed E-state index contributed by atoms with van der Waals surface area (Å²) in [6.07, 6.45) is 14.2. The number of hydrogen-bond donors (Lipinski definition) is 2. The lowest BCUT2D eigenvalue weighted by molar-refractivity contribution is -0.133. The summed E-state index contributed by atoms with van der Waals surface area (Å²) in [4.78, 5) is 23.2. The molecular formula is C20H37NO3. The number of primary amides is 1. The maximum Gasteiger partial charge on any atom is 0.332 e. The third-order valence-electron chi connectivity index (χ3n) is 4.48. The molecule has 0 saturated heterocycles. The second kappa shape index (κ2) is 15.2. The van der Waals surface area contributed by atoms with Gasteiger partial charge in [-0.05, 0) is 25.7 Å². The van der Waals surface area contributed by atoms with Gasteiger partial charge in [0.1, 0.15) is 0 Å². The molecule has 3 N–H and O–H groups in total. The summed E-state index contributed by atoms with van der Waals surface area (Å²) in [6.45, 7) is 4.35. The number of nitrogens with two attached hydrogens (primary N) is 1. The van der Waals surface area contributed by atoms with Crippen molar-refractivity contribution in [2.45, 2.75) is 104 Å². The Morgan fingerprint density at radius 3 is 1.42 bits per heavy atom. The van der Waals surface area contributed by atoms with Crippen LogP contribution < -0.4 is 5.73 Å². The number of unbranched alkanes of at least 4 members (excludes halogenated alkanes) is 10. The molecule has 4 nitrogen and oxygen atoms in total. The quantitative estimate of drug-likeness (QED) is 0.293. The lowest BCUT2D eigenvalue weighted by Gasteiger charge is -2.10. The second-order valence-corrected chi connectivity index (χ2v) is 6.66. The van der Waals surface area contributed by atoms with E-state index in [2.05, 4.69) is 13.8 Å². The van der Waals surface area contributed by atoms with E-state index in [0.717, 1.165) is 38.5 Å². The van der Waals surface area contributed by atoms with E-state index in [1.54, 1.807) is 0 Å². The predicted molar refractivity (Wildman–Crippen MR) is 99.8 cm³/mol. The van der Waals surface area contributed by atoms with Crippen molar-refractivity contribution in [3.63, 3.8) is 0 Å². The number of amides is 1. The summed E-state index contributed by atoms with van der Waals surface area (Å²) in [7, 11) is 0. The van der Waals surface area contributed by atoms with E-state index < -0.39 is 11.9 Å². The van der Waals surface area contributed by atoms with E-state index in [4.69, 9.17) is 5.73 Å². The van der Waals surface area contributed by atoms with Crippen LogP contribution in [-0.2, 0) is 9.59 Å². The molecule has 0 aromatic rings. The van der Waals surface area contributed by atoms with E-state index in [1.807, 2.05) is 0 Å². The van der Waals surface area contributed by atoms with Gasteiger partial charge in [-0.25, -0.2) is 4.79 Å². The fraction of sp³-hybridized carbons (Fsp3) is 0.800. The number of hydrogen-bond acceptors (Lipinski definition) is 2. The average Bonchev–Trinajstić information content (AvgIpc) is 2.54. The van der Waals surface area contributed by atoms with Crippen LogP contribution in [0.5, 0.6) is 0 Å². The van der Waals surface area contributed by atoms with E-state index in [-0.39, 0.29) is 5.57 Å². The predicted octanol–water partition coefficient (Wildman–Crippen LogP) is 5.35. The van der Waals surface area contributed by atoms with Crippen molar-refractivity contribution in [3.8, 4) is 0 Å². The van der Waals surface area contributed by atoms with Gasteiger partial charge in [-0.2, -0.15) is 0 Å². The Morgan fingerprint density at radius 2 is 1.04 bits per heavy atom. The zero-order valence-electron chi connectivity index (χ0n) is 15.7. The maximum atomic E-state index is 11.7. The molecule has 0 fully saturated rings. The third kappa shape index (κ3) is 11.3. The van der Waals surface area contributed by atoms with Crippen molar-refractivity contribution < 1.29 is 14.7 Å². The topological polar surface area (TPSA) is 80.4 Å². The molecule has 4 heteroatoms. The highest BCUT2D eigenvalue weighted by molar-refractivity contribution is 6.01. The zero-order chi connectivity index (χ0) is 18.2. The Balaban J connectivity index is 4.44. The van der Waals surface area contributed by atoms with Crippen LogP contribution in [0.25, 0.3) is 0 Å². The van der Waals surface area contributed by atoms with Gasteiger partial charge in [-0.1, -0.05) is 78.1 Å². The Labute approximate surface area is 147 Å². The van der Waals surface area contributed by atoms with Gasteiger partial charge in [0.15, 0.2) is 0 Å². The van der Waals surface area contributed by atoms with Gasteiger partial charge in [0.05, 0.1) is 0 Å². The number of carbonyl (C=O) groups is 2. The normalized spacial score (nSPS) is 12.1. The zero-order valence-corrected chi connectivity index (χ0v) is 15.7. The second-order valence-electron chi connectivity index (χ2n) is 6.66. The monoisotopic (exact) mass is 339 g/mol. The van der Waals surface area contributed by atoms with Gasteiger partial charge in [-0.3, -0.25) is 4.79 Å². The van der Waals surface area contributed by atoms with Crippen molar-refractivity contribution in [1.29, 1.82) is 0 Å². The van der Waals surface area contributed by atoms with Crippen molar-refractivity contribution in [2.75, 3.05) is 0 Å². The van der Waals surface area contributed by atoms with Crippen molar-refractivity contribution >= 4 is 11.9 Å². The average molecular weight is 340 g/mol. The first-order valence-electron chi connectivity index (χ1n) is 9.79. The van der Waals surface area contributed by atoms with Gasteiger partial charge >= 0.3 is 5.97 Å². The van der Waals surface area contributed by atoms with E-state index in [0.29, 0.717) is 18.4 Å². The molecule has 0 bridgehead atoms. The standard InChI is InChI=1S/C20H37NO3/c1-3-5-7-9-11-13-15-17(19(21)22)18(20(23)24)16-14-12-10-8-6-4-2/h3-16H2,1-2H3,(H2,21,22)(H,23,24)/b18-17-. The molecule has 0 atom stereocenters. The maximum absolute atomic E-state index is 11.7. The molecule has 0 heterocycles. The fourth-order valence-corrected chi connectivity index (χ4v) is 2.97. The fourth-order valence-electron chi connectivity index (χ4n) is 2.97. The Hall–Kier alpha value is -1.32. The Morgan fingerprint density at radius 1 is 0.667 bits per heavy atom. The number of aliphatic carboxylic acids is 1. The molecule has 0 saturated carbocycles. The molecule has 24 heavy (non-hydrogen) atoms. The van der Waals surface area contributed by atoms with E-state index >= 15 is 0 Å². The van der Waals surface area contributed by atoms with Gasteiger partial charge in [0.2, 0.25) is 5.91 Å². The van der Waals surface area contributed by atoms with Crippen LogP contribution in [0, 0.1) is 0 Å². The van der Waals surface area contributed by atoms with Gasteiger partial charge in [-0.15, -0.1) is 0 Å². The van der Waals surface area contributed by atoms with Crippen molar-refractivity contribution in [1.82, 2.24) is 0 Å². The van der Waals surface area contributed by atoms with Crippen LogP contribution in [0.15, 0.2) is 11.1 Å². The molecule has 0 radical (unpaired) electrons. The molecular weight excluding hydrogens is 302 g/mol. The van der Waals surface area contributed by atoms with Crippen LogP contribution in [0.2, 0.25) is 0 Å². The van der Waals surface area contributed by atoms with Crippen molar-refractivity contribution in [2.24, 2.45) is 5.73 Å². The van der Waals surface area contributed by atoms with Crippen LogP contribution >= 0.6 is 0 Å². The summed E-state index contributed by atoms with van der Waals surface area (Å²) in [5.74, 6) is -1.55. The Kier molecular flexibility index (Phi) is 14.4. The summed E-state index contributed by atoms with van der Waals surface area (Å²) in [6, 6.07) is 0. The minimum absolute atomic E-state index is 0.242. The summed E-state index contributed by atoms with van der Waals surface area (Å²) in [5.41, 5.74) is 6.03. The molecule has 0 unspecified atom stereocenters. The highest BCUT2D eigenvalue weighted by Gasteiger charge is 2.18. The minimum atomic E-state index is -0.983. The smallest absolute Gasteiger partial charge is 0.332 e. The van der Waals surface area contributed by atoms with Crippen LogP contribution in [0.3, 0.4) is 0 Å². The molecule has 0 aromatic heterocycles. The Bertz CT molecular complexity index is 352. The summed E-state index contributed by atoms with van der Waals surface area (Å²) >= 11 is 0. The summed E-state index contributed by atoms with van der Waals surface area (Å²) in [5, 5.41) is 9.44. The van der Waals surface area contributed by atoms with Gasteiger partial charge in [0.25, 0.3) is 0 Å². The van der Waals surface area contributed by atoms with E-state index in [9.17, 15) is 14.7 Å². The first-order valence-corrected chi connectivity index (χ1v) is 9.79. The van der Waals surface area contributed by atoms with E-state index in [1.165, 1.54) is 38.5 Å². The molecule has 1 amide bonds. The number of carboxylic acid groups (broad SMARTS) is 1. The lowest BCUT2D eigenvalue weighted by Crippen LogP contribution is -2.19. The van der Waals surface area contributed by atoms with Gasteiger partial charge in [0, 0.05) is 11.1 Å². The first kappa shape index (κ1) is 22.7. The first-order chi connectivity index (χ1) is 11.5. The van der Waals surface area contributed by atoms with Crippen molar-refractivity contribution in [3.05, 3.63) is 11.1 Å².